The van der Waals surface area contributed by atoms with E-state index in [-0.39, 0.29) is 29.7 Å². The summed E-state index contributed by atoms with van der Waals surface area (Å²) in [5, 5.41) is 3.42. The third-order valence-electron chi connectivity index (χ3n) is 5.69. The van der Waals surface area contributed by atoms with Crippen LogP contribution in [0.5, 0.6) is 0 Å². The first kappa shape index (κ1) is 26.6. The van der Waals surface area contributed by atoms with E-state index in [1.165, 1.54) is 12.6 Å². The summed E-state index contributed by atoms with van der Waals surface area (Å²) in [6.07, 6.45) is 3.47. The van der Waals surface area contributed by atoms with Crippen molar-refractivity contribution in [2.75, 3.05) is 26.7 Å². The highest BCUT2D eigenvalue weighted by atomic mass is 127. The van der Waals surface area contributed by atoms with Gasteiger partial charge in [0.2, 0.25) is 10.0 Å². The van der Waals surface area contributed by atoms with E-state index in [2.05, 4.69) is 52.2 Å². The van der Waals surface area contributed by atoms with Crippen molar-refractivity contribution >= 4 is 40.0 Å². The quantitative estimate of drug-likeness (QED) is 0.288. The predicted molar refractivity (Wildman–Crippen MR) is 143 cm³/mol. The molecule has 2 aromatic carbocycles. The minimum Gasteiger partial charge on any atom is -0.357 e. The van der Waals surface area contributed by atoms with Crippen LogP contribution in [0, 0.1) is 5.92 Å². The summed E-state index contributed by atoms with van der Waals surface area (Å²) >= 11 is 0. The lowest BCUT2D eigenvalue weighted by atomic mass is 9.90. The number of halogens is 1. The molecule has 0 unspecified atom stereocenters. The molecule has 2 aromatic rings. The third kappa shape index (κ3) is 8.37. The van der Waals surface area contributed by atoms with Gasteiger partial charge in [-0.2, -0.15) is 0 Å². The molecule has 1 saturated heterocycles. The van der Waals surface area contributed by atoms with Gasteiger partial charge in [0.05, 0.1) is 12.3 Å². The molecule has 0 radical (unpaired) electrons. The van der Waals surface area contributed by atoms with Crippen LogP contribution in [0.25, 0.3) is 0 Å². The summed E-state index contributed by atoms with van der Waals surface area (Å²) in [5.41, 5.74) is 3.20. The predicted octanol–water partition coefficient (Wildman–Crippen LogP) is 3.77. The Balaban J connectivity index is 0.00000363. The molecule has 6 nitrogen and oxygen atoms in total. The maximum absolute atomic E-state index is 11.8. The summed E-state index contributed by atoms with van der Waals surface area (Å²) in [7, 11) is -1.84. The second-order valence-electron chi connectivity index (χ2n) is 8.07. The van der Waals surface area contributed by atoms with Crippen molar-refractivity contribution in [1.82, 2.24) is 14.9 Å². The minimum atomic E-state index is -3.28. The lowest BCUT2D eigenvalue weighted by Gasteiger charge is -2.34. The minimum absolute atomic E-state index is 0. The molecule has 0 aromatic heterocycles. The molecule has 1 aliphatic heterocycles. The van der Waals surface area contributed by atoms with Crippen LogP contribution in [-0.2, 0) is 28.7 Å². The fourth-order valence-electron chi connectivity index (χ4n) is 4.00. The number of hydrogen-bond acceptors (Lipinski definition) is 3. The molecule has 1 heterocycles. The molecule has 3 rings (SSSR count). The average Bonchev–Trinajstić information content (AvgIpc) is 2.78. The van der Waals surface area contributed by atoms with E-state index < -0.39 is 10.0 Å². The molecule has 0 bridgehead atoms. The zero-order chi connectivity index (χ0) is 22.1. The van der Waals surface area contributed by atoms with Crippen molar-refractivity contribution in [3.05, 3.63) is 71.3 Å². The number of hydrogen-bond donors (Lipinski definition) is 2. The van der Waals surface area contributed by atoms with E-state index in [1.807, 2.05) is 24.3 Å². The van der Waals surface area contributed by atoms with Crippen LogP contribution < -0.4 is 10.0 Å². The highest BCUT2D eigenvalue weighted by Gasteiger charge is 2.21. The second-order valence-corrected chi connectivity index (χ2v) is 10.00. The molecule has 0 aliphatic carbocycles. The first-order valence-corrected chi connectivity index (χ1v) is 12.7. The van der Waals surface area contributed by atoms with Gasteiger partial charge in [0.15, 0.2) is 5.96 Å². The molecule has 0 spiro atoms. The Morgan fingerprint density at radius 3 is 2.34 bits per heavy atom. The normalized spacial score (nSPS) is 15.3. The second kappa shape index (κ2) is 13.2. The van der Waals surface area contributed by atoms with Crippen LogP contribution >= 0.6 is 24.0 Å². The number of sulfonamides is 1. The Morgan fingerprint density at radius 2 is 1.69 bits per heavy atom. The van der Waals surface area contributed by atoms with Gasteiger partial charge < -0.3 is 10.2 Å². The topological polar surface area (TPSA) is 73.8 Å². The molecule has 2 N–H and O–H groups in total. The molecule has 32 heavy (non-hydrogen) atoms. The first-order valence-electron chi connectivity index (χ1n) is 11.1. The summed E-state index contributed by atoms with van der Waals surface area (Å²) in [6.45, 7) is 5.44. The van der Waals surface area contributed by atoms with Crippen LogP contribution in [0.15, 0.2) is 59.6 Å². The molecule has 1 aliphatic rings. The van der Waals surface area contributed by atoms with E-state index >= 15 is 0 Å². The molecule has 0 atom stereocenters. The Kier molecular flexibility index (Phi) is 10.9. The smallest absolute Gasteiger partial charge is 0.215 e. The van der Waals surface area contributed by atoms with Gasteiger partial charge in [-0.1, -0.05) is 54.6 Å². The monoisotopic (exact) mass is 570 g/mol. The third-order valence-corrected chi connectivity index (χ3v) is 7.02. The van der Waals surface area contributed by atoms with Crippen LogP contribution in [-0.4, -0.2) is 46.0 Å². The van der Waals surface area contributed by atoms with Crippen LogP contribution in [0.1, 0.15) is 36.5 Å². The number of likely N-dealkylation sites (tertiary alicyclic amines) is 1. The number of rotatable bonds is 8. The van der Waals surface area contributed by atoms with E-state index in [9.17, 15) is 8.42 Å². The Hall–Kier alpha value is -1.65. The van der Waals surface area contributed by atoms with E-state index in [0.29, 0.717) is 12.5 Å². The van der Waals surface area contributed by atoms with Gasteiger partial charge in [-0.15, -0.1) is 24.0 Å². The summed E-state index contributed by atoms with van der Waals surface area (Å²) < 4.78 is 26.0. The lowest BCUT2D eigenvalue weighted by Crippen LogP contribution is -2.45. The van der Waals surface area contributed by atoms with Crippen molar-refractivity contribution in [3.63, 3.8) is 0 Å². The number of aliphatic imine (C=N–C) groups is 1. The van der Waals surface area contributed by atoms with Gasteiger partial charge in [-0.25, -0.2) is 18.1 Å². The molecule has 0 saturated carbocycles. The fraction of sp³-hybridized carbons (Fsp3) is 0.458. The maximum Gasteiger partial charge on any atom is 0.215 e. The SMILES string of the molecule is CCNC(=NCc1cccc(CS(=O)(=O)NC)c1)N1CCC(Cc2ccccc2)CC1.I. The highest BCUT2D eigenvalue weighted by molar-refractivity contribution is 14.0. The molecule has 8 heteroatoms. The number of guanidine groups is 1. The molecule has 0 amide bonds. The largest absolute Gasteiger partial charge is 0.357 e. The zero-order valence-corrected chi connectivity index (χ0v) is 22.1. The van der Waals surface area contributed by atoms with Crippen LogP contribution in [0.4, 0.5) is 0 Å². The Morgan fingerprint density at radius 1 is 1.03 bits per heavy atom. The fourth-order valence-corrected chi connectivity index (χ4v) is 4.76. The van der Waals surface area contributed by atoms with Gasteiger partial charge in [0.1, 0.15) is 0 Å². The number of benzene rings is 2. The number of piperidine rings is 1. The average molecular weight is 571 g/mol. The van der Waals surface area contributed by atoms with Gasteiger partial charge in [-0.05, 0) is 55.8 Å². The van der Waals surface area contributed by atoms with Crippen molar-refractivity contribution in [1.29, 1.82) is 0 Å². The summed E-state index contributed by atoms with van der Waals surface area (Å²) in [4.78, 5) is 7.19. The van der Waals surface area contributed by atoms with Crippen molar-refractivity contribution in [3.8, 4) is 0 Å². The van der Waals surface area contributed by atoms with Gasteiger partial charge in [0, 0.05) is 19.6 Å². The maximum atomic E-state index is 11.8. The highest BCUT2D eigenvalue weighted by Crippen LogP contribution is 2.22. The van der Waals surface area contributed by atoms with Crippen molar-refractivity contribution < 1.29 is 8.42 Å². The lowest BCUT2D eigenvalue weighted by molar-refractivity contribution is 0.259. The van der Waals surface area contributed by atoms with E-state index in [0.717, 1.165) is 56.0 Å². The molecule has 176 valence electrons. The standard InChI is InChI=1S/C24H34N4O2S.HI/c1-3-26-24(27-18-22-10-7-11-23(17-22)19-31(29,30)25-2)28-14-12-21(13-15-28)16-20-8-5-4-6-9-20;/h4-11,17,21,25H,3,12-16,18-19H2,1-2H3,(H,26,27);1H. The number of nitrogens with one attached hydrogen (secondary N) is 2. The van der Waals surface area contributed by atoms with Gasteiger partial charge in [0.25, 0.3) is 0 Å². The van der Waals surface area contributed by atoms with E-state index in [1.54, 1.807) is 0 Å². The van der Waals surface area contributed by atoms with Crippen molar-refractivity contribution in [2.24, 2.45) is 10.9 Å². The summed E-state index contributed by atoms with van der Waals surface area (Å²) in [6, 6.07) is 18.4. The van der Waals surface area contributed by atoms with E-state index in [4.69, 9.17) is 4.99 Å². The van der Waals surface area contributed by atoms with Gasteiger partial charge >= 0.3 is 0 Å². The molecular formula is C24H35IN4O2S. The molecular weight excluding hydrogens is 535 g/mol. The Bertz CT molecular complexity index is 959. The first-order chi connectivity index (χ1) is 15.0. The van der Waals surface area contributed by atoms with Crippen LogP contribution in [0.3, 0.4) is 0 Å². The number of nitrogens with zero attached hydrogens (tertiary/aromatic N) is 2. The Labute approximate surface area is 210 Å². The molecule has 1 fully saturated rings. The van der Waals surface area contributed by atoms with Gasteiger partial charge in [-0.3, -0.25) is 0 Å². The zero-order valence-electron chi connectivity index (χ0n) is 19.0. The van der Waals surface area contributed by atoms with Crippen molar-refractivity contribution in [2.45, 2.75) is 38.5 Å². The van der Waals surface area contributed by atoms with Crippen LogP contribution in [0.2, 0.25) is 0 Å². The summed E-state index contributed by atoms with van der Waals surface area (Å²) in [5.74, 6) is 1.64.